The lowest BCUT2D eigenvalue weighted by molar-refractivity contribution is -0.115. The molecule has 9 heteroatoms. The van der Waals surface area contributed by atoms with Gasteiger partial charge in [0.15, 0.2) is 0 Å². The molecule has 0 unspecified atom stereocenters. The standard InChI is InChI=1S/C17H20N2O5S2/c1-23-15-5-4-13(18-17(20)12-14-3-2-10-25-14)11-16(15)26(21,22)19-6-8-24-9-7-19/h2-5,10-11H,6-9,12H2,1H3,(H,18,20). The van der Waals surface area contributed by atoms with Crippen molar-refractivity contribution in [3.05, 3.63) is 40.6 Å². The van der Waals surface area contributed by atoms with Crippen molar-refractivity contribution >= 4 is 33.0 Å². The maximum atomic E-state index is 12.9. The summed E-state index contributed by atoms with van der Waals surface area (Å²) in [6.07, 6.45) is 0.245. The molecule has 1 aromatic carbocycles. The fourth-order valence-corrected chi connectivity index (χ4v) is 4.95. The maximum absolute atomic E-state index is 12.9. The molecule has 1 saturated heterocycles. The summed E-state index contributed by atoms with van der Waals surface area (Å²) in [6, 6.07) is 8.38. The zero-order chi connectivity index (χ0) is 18.6. The average Bonchev–Trinajstić information content (AvgIpc) is 3.15. The van der Waals surface area contributed by atoms with E-state index in [0.29, 0.717) is 32.0 Å². The quantitative estimate of drug-likeness (QED) is 0.807. The Kier molecular flexibility index (Phi) is 5.92. The van der Waals surface area contributed by atoms with Gasteiger partial charge in [0.25, 0.3) is 0 Å². The van der Waals surface area contributed by atoms with Crippen LogP contribution in [0.25, 0.3) is 0 Å². The highest BCUT2D eigenvalue weighted by Gasteiger charge is 2.29. The number of nitrogens with zero attached hydrogens (tertiary/aromatic N) is 1. The van der Waals surface area contributed by atoms with Crippen LogP contribution >= 0.6 is 11.3 Å². The number of benzene rings is 1. The third kappa shape index (κ3) is 4.24. The van der Waals surface area contributed by atoms with E-state index in [1.165, 1.54) is 28.8 Å². The van der Waals surface area contributed by atoms with Gasteiger partial charge in [0.2, 0.25) is 15.9 Å². The van der Waals surface area contributed by atoms with E-state index >= 15 is 0 Å². The van der Waals surface area contributed by atoms with Gasteiger partial charge in [-0.1, -0.05) is 6.07 Å². The van der Waals surface area contributed by atoms with Gasteiger partial charge in [-0.05, 0) is 29.6 Å². The minimum atomic E-state index is -3.73. The second kappa shape index (κ2) is 8.17. The molecule has 2 heterocycles. The van der Waals surface area contributed by atoms with E-state index in [4.69, 9.17) is 9.47 Å². The summed E-state index contributed by atoms with van der Waals surface area (Å²) in [5.74, 6) is 0.0417. The Morgan fingerprint density at radius 2 is 2.08 bits per heavy atom. The Labute approximate surface area is 156 Å². The number of nitrogens with one attached hydrogen (secondary N) is 1. The Morgan fingerprint density at radius 1 is 1.31 bits per heavy atom. The molecule has 1 aliphatic heterocycles. The number of rotatable bonds is 6. The molecule has 26 heavy (non-hydrogen) atoms. The van der Waals surface area contributed by atoms with Gasteiger partial charge in [0, 0.05) is 23.7 Å². The molecule has 0 spiro atoms. The van der Waals surface area contributed by atoms with Crippen LogP contribution in [0, 0.1) is 0 Å². The maximum Gasteiger partial charge on any atom is 0.246 e. The number of anilines is 1. The summed E-state index contributed by atoms with van der Waals surface area (Å²) in [5, 5.41) is 4.66. The third-order valence-electron chi connectivity index (χ3n) is 3.95. The predicted octanol–water partition coefficient (Wildman–Crippen LogP) is 1.96. The Bertz CT molecular complexity index is 859. The summed E-state index contributed by atoms with van der Waals surface area (Å²) in [5.41, 5.74) is 0.416. The first-order chi connectivity index (χ1) is 12.5. The number of amides is 1. The normalized spacial score (nSPS) is 15.6. The van der Waals surface area contributed by atoms with Crippen molar-refractivity contribution in [3.8, 4) is 5.75 Å². The van der Waals surface area contributed by atoms with E-state index in [1.54, 1.807) is 12.1 Å². The van der Waals surface area contributed by atoms with Crippen molar-refractivity contribution in [3.63, 3.8) is 0 Å². The first kappa shape index (κ1) is 18.8. The summed E-state index contributed by atoms with van der Waals surface area (Å²) >= 11 is 1.50. The number of ether oxygens (including phenoxy) is 2. The molecule has 1 amide bonds. The monoisotopic (exact) mass is 396 g/mol. The summed E-state index contributed by atoms with van der Waals surface area (Å²) in [6.45, 7) is 1.30. The molecule has 0 aliphatic carbocycles. The fourth-order valence-electron chi connectivity index (χ4n) is 2.66. The average molecular weight is 396 g/mol. The van der Waals surface area contributed by atoms with Gasteiger partial charge in [-0.25, -0.2) is 8.42 Å². The Morgan fingerprint density at radius 3 is 2.73 bits per heavy atom. The largest absolute Gasteiger partial charge is 0.495 e. The number of carbonyl (C=O) groups is 1. The second-order valence-electron chi connectivity index (χ2n) is 5.69. The van der Waals surface area contributed by atoms with Crippen LogP contribution in [0.1, 0.15) is 4.88 Å². The SMILES string of the molecule is COc1ccc(NC(=O)Cc2cccs2)cc1S(=O)(=O)N1CCOCC1. The highest BCUT2D eigenvalue weighted by molar-refractivity contribution is 7.89. The molecular weight excluding hydrogens is 376 g/mol. The van der Waals surface area contributed by atoms with Gasteiger partial charge in [-0.3, -0.25) is 4.79 Å². The molecule has 1 fully saturated rings. The zero-order valence-corrected chi connectivity index (χ0v) is 15.9. The molecular formula is C17H20N2O5S2. The number of methoxy groups -OCH3 is 1. The summed E-state index contributed by atoms with van der Waals surface area (Å²) in [7, 11) is -2.31. The van der Waals surface area contributed by atoms with Crippen LogP contribution in [0.4, 0.5) is 5.69 Å². The topological polar surface area (TPSA) is 84.9 Å². The second-order valence-corrected chi connectivity index (χ2v) is 8.63. The first-order valence-corrected chi connectivity index (χ1v) is 10.4. The van der Waals surface area contributed by atoms with Gasteiger partial charge in [-0.15, -0.1) is 11.3 Å². The van der Waals surface area contributed by atoms with Crippen LogP contribution < -0.4 is 10.1 Å². The molecule has 2 aromatic rings. The van der Waals surface area contributed by atoms with Gasteiger partial charge < -0.3 is 14.8 Å². The van der Waals surface area contributed by atoms with Crippen molar-refractivity contribution in [2.45, 2.75) is 11.3 Å². The smallest absolute Gasteiger partial charge is 0.246 e. The minimum Gasteiger partial charge on any atom is -0.495 e. The van der Waals surface area contributed by atoms with Crippen molar-refractivity contribution in [1.29, 1.82) is 0 Å². The first-order valence-electron chi connectivity index (χ1n) is 8.09. The van der Waals surface area contributed by atoms with Crippen LogP contribution in [0.3, 0.4) is 0 Å². The van der Waals surface area contributed by atoms with Crippen LogP contribution in [-0.2, 0) is 26.0 Å². The highest BCUT2D eigenvalue weighted by atomic mass is 32.2. The van der Waals surface area contributed by atoms with Crippen molar-refractivity contribution < 1.29 is 22.7 Å². The number of carbonyl (C=O) groups excluding carboxylic acids is 1. The lowest BCUT2D eigenvalue weighted by Gasteiger charge is -2.26. The predicted molar refractivity (Wildman–Crippen MR) is 99.2 cm³/mol. The number of hydrogen-bond donors (Lipinski definition) is 1. The lowest BCUT2D eigenvalue weighted by atomic mass is 10.2. The van der Waals surface area contributed by atoms with Gasteiger partial charge in [0.05, 0.1) is 26.7 Å². The van der Waals surface area contributed by atoms with E-state index < -0.39 is 10.0 Å². The van der Waals surface area contributed by atoms with E-state index in [-0.39, 0.29) is 23.0 Å². The molecule has 7 nitrogen and oxygen atoms in total. The van der Waals surface area contributed by atoms with Crippen LogP contribution in [0.5, 0.6) is 5.75 Å². The summed E-state index contributed by atoms with van der Waals surface area (Å²) in [4.78, 5) is 13.2. The molecule has 3 rings (SSSR count). The molecule has 0 bridgehead atoms. The zero-order valence-electron chi connectivity index (χ0n) is 14.3. The molecule has 140 valence electrons. The van der Waals surface area contributed by atoms with E-state index in [2.05, 4.69) is 5.32 Å². The van der Waals surface area contributed by atoms with Crippen molar-refractivity contribution in [2.24, 2.45) is 0 Å². The van der Waals surface area contributed by atoms with Crippen LogP contribution in [0.2, 0.25) is 0 Å². The number of morpholine rings is 1. The molecule has 1 aromatic heterocycles. The number of hydrogen-bond acceptors (Lipinski definition) is 6. The molecule has 1 aliphatic rings. The molecule has 0 atom stereocenters. The van der Waals surface area contributed by atoms with Gasteiger partial charge >= 0.3 is 0 Å². The van der Waals surface area contributed by atoms with Crippen molar-refractivity contribution in [2.75, 3.05) is 38.7 Å². The van der Waals surface area contributed by atoms with Crippen LogP contribution in [-0.4, -0.2) is 52.0 Å². The van der Waals surface area contributed by atoms with Crippen molar-refractivity contribution in [1.82, 2.24) is 4.31 Å². The van der Waals surface area contributed by atoms with E-state index in [1.807, 2.05) is 17.5 Å². The molecule has 0 radical (unpaired) electrons. The Balaban J connectivity index is 1.83. The summed E-state index contributed by atoms with van der Waals surface area (Å²) < 4.78 is 37.7. The molecule has 1 N–H and O–H groups in total. The van der Waals surface area contributed by atoms with E-state index in [9.17, 15) is 13.2 Å². The minimum absolute atomic E-state index is 0.0378. The Hall–Kier alpha value is -1.94. The van der Waals surface area contributed by atoms with Gasteiger partial charge in [0.1, 0.15) is 10.6 Å². The lowest BCUT2D eigenvalue weighted by Crippen LogP contribution is -2.40. The third-order valence-corrected chi connectivity index (χ3v) is 6.75. The number of thiophene rings is 1. The van der Waals surface area contributed by atoms with Crippen LogP contribution in [0.15, 0.2) is 40.6 Å². The highest BCUT2D eigenvalue weighted by Crippen LogP contribution is 2.30. The fraction of sp³-hybridized carbons (Fsp3) is 0.353. The molecule has 0 saturated carbocycles. The van der Waals surface area contributed by atoms with E-state index in [0.717, 1.165) is 4.88 Å². The number of sulfonamides is 1. The van der Waals surface area contributed by atoms with Gasteiger partial charge in [-0.2, -0.15) is 4.31 Å².